The zero-order valence-electron chi connectivity index (χ0n) is 12.6. The molecule has 1 unspecified atom stereocenters. The lowest BCUT2D eigenvalue weighted by atomic mass is 10.0. The summed E-state index contributed by atoms with van der Waals surface area (Å²) in [4.78, 5) is 18.3. The predicted molar refractivity (Wildman–Crippen MR) is 77.5 cm³/mol. The maximum Gasteiger partial charge on any atom is 0.410 e. The van der Waals surface area contributed by atoms with Crippen LogP contribution in [0.5, 0.6) is 0 Å². The van der Waals surface area contributed by atoms with Gasteiger partial charge >= 0.3 is 6.09 Å². The van der Waals surface area contributed by atoms with Gasteiger partial charge in [-0.1, -0.05) is 0 Å². The minimum atomic E-state index is -0.472. The molecule has 1 amide bonds. The van der Waals surface area contributed by atoms with Crippen LogP contribution in [0.1, 0.15) is 37.9 Å². The van der Waals surface area contributed by atoms with Crippen LogP contribution in [0.3, 0.4) is 0 Å². The number of nitrogens with one attached hydrogen (secondary N) is 1. The van der Waals surface area contributed by atoms with Gasteiger partial charge in [-0.05, 0) is 44.9 Å². The molecular weight excluding hydrogens is 254 g/mol. The van der Waals surface area contributed by atoms with Crippen molar-refractivity contribution in [2.75, 3.05) is 19.6 Å². The lowest BCUT2D eigenvalue weighted by Gasteiger charge is -2.37. The van der Waals surface area contributed by atoms with E-state index in [1.807, 2.05) is 44.9 Å². The number of aromatic nitrogens is 1. The lowest BCUT2D eigenvalue weighted by Crippen LogP contribution is -2.50. The third kappa shape index (κ3) is 3.48. The zero-order chi connectivity index (χ0) is 14.8. The monoisotopic (exact) mass is 277 g/mol. The first-order chi connectivity index (χ1) is 9.38. The van der Waals surface area contributed by atoms with Crippen LogP contribution >= 0.6 is 0 Å². The molecular formula is C15H23N3O2. The van der Waals surface area contributed by atoms with Crippen molar-refractivity contribution < 1.29 is 9.53 Å². The second-order valence-corrected chi connectivity index (χ2v) is 6.13. The molecule has 0 bridgehead atoms. The van der Waals surface area contributed by atoms with E-state index in [1.54, 1.807) is 6.20 Å². The van der Waals surface area contributed by atoms with Crippen LogP contribution in [-0.4, -0.2) is 41.2 Å². The van der Waals surface area contributed by atoms with Crippen molar-refractivity contribution >= 4 is 6.09 Å². The van der Waals surface area contributed by atoms with Gasteiger partial charge in [-0.2, -0.15) is 0 Å². The summed E-state index contributed by atoms with van der Waals surface area (Å²) in [5, 5.41) is 3.34. The summed E-state index contributed by atoms with van der Waals surface area (Å²) in [6, 6.07) is 1.98. The number of amides is 1. The molecule has 1 aromatic rings. The molecule has 1 aliphatic heterocycles. The molecule has 1 aliphatic rings. The highest BCUT2D eigenvalue weighted by Gasteiger charge is 2.31. The molecule has 0 aliphatic carbocycles. The van der Waals surface area contributed by atoms with Crippen molar-refractivity contribution in [3.05, 3.63) is 29.6 Å². The van der Waals surface area contributed by atoms with Crippen LogP contribution < -0.4 is 5.32 Å². The van der Waals surface area contributed by atoms with E-state index in [9.17, 15) is 4.79 Å². The smallest absolute Gasteiger partial charge is 0.410 e. The van der Waals surface area contributed by atoms with Crippen molar-refractivity contribution in [2.45, 2.75) is 39.3 Å². The van der Waals surface area contributed by atoms with E-state index in [1.165, 1.54) is 0 Å². The third-order valence-electron chi connectivity index (χ3n) is 3.29. The number of carbonyl (C=O) groups is 1. The quantitative estimate of drug-likeness (QED) is 0.855. The van der Waals surface area contributed by atoms with Crippen LogP contribution in [0.15, 0.2) is 18.5 Å². The van der Waals surface area contributed by atoms with Crippen LogP contribution in [-0.2, 0) is 4.74 Å². The molecule has 1 saturated heterocycles. The molecule has 2 rings (SSSR count). The van der Waals surface area contributed by atoms with E-state index >= 15 is 0 Å². The maximum absolute atomic E-state index is 12.4. The zero-order valence-corrected chi connectivity index (χ0v) is 12.6. The highest BCUT2D eigenvalue weighted by molar-refractivity contribution is 5.69. The van der Waals surface area contributed by atoms with Crippen molar-refractivity contribution in [1.82, 2.24) is 15.2 Å². The fourth-order valence-corrected chi connectivity index (χ4v) is 2.38. The van der Waals surface area contributed by atoms with Gasteiger partial charge in [-0.3, -0.25) is 9.88 Å². The van der Waals surface area contributed by atoms with Gasteiger partial charge in [0, 0.05) is 32.0 Å². The van der Waals surface area contributed by atoms with Gasteiger partial charge in [0.2, 0.25) is 0 Å². The molecule has 20 heavy (non-hydrogen) atoms. The first-order valence-corrected chi connectivity index (χ1v) is 6.99. The molecule has 1 atom stereocenters. The number of nitrogens with zero attached hydrogens (tertiary/aromatic N) is 2. The van der Waals surface area contributed by atoms with E-state index in [2.05, 4.69) is 10.3 Å². The first kappa shape index (κ1) is 14.8. The minimum Gasteiger partial charge on any atom is -0.444 e. The van der Waals surface area contributed by atoms with Crippen LogP contribution in [0, 0.1) is 6.92 Å². The highest BCUT2D eigenvalue weighted by atomic mass is 16.6. The van der Waals surface area contributed by atoms with Crippen molar-refractivity contribution in [2.24, 2.45) is 0 Å². The van der Waals surface area contributed by atoms with E-state index in [4.69, 9.17) is 4.74 Å². The Balaban J connectivity index is 2.22. The summed E-state index contributed by atoms with van der Waals surface area (Å²) < 4.78 is 5.51. The van der Waals surface area contributed by atoms with Crippen LogP contribution in [0.4, 0.5) is 4.79 Å². The Bertz CT molecular complexity index is 482. The number of hydrogen-bond donors (Lipinski definition) is 1. The Morgan fingerprint density at radius 1 is 1.50 bits per heavy atom. The normalized spacial score (nSPS) is 19.8. The van der Waals surface area contributed by atoms with Crippen molar-refractivity contribution in [1.29, 1.82) is 0 Å². The van der Waals surface area contributed by atoms with Gasteiger partial charge in [0.1, 0.15) is 5.60 Å². The Morgan fingerprint density at radius 3 is 2.90 bits per heavy atom. The Morgan fingerprint density at radius 2 is 2.25 bits per heavy atom. The molecule has 0 aromatic carbocycles. The minimum absolute atomic E-state index is 0.00148. The number of aryl methyl sites for hydroxylation is 1. The average molecular weight is 277 g/mol. The van der Waals surface area contributed by atoms with Crippen molar-refractivity contribution in [3.63, 3.8) is 0 Å². The molecule has 0 radical (unpaired) electrons. The topological polar surface area (TPSA) is 54.5 Å². The summed E-state index contributed by atoms with van der Waals surface area (Å²) in [5.41, 5.74) is 1.74. The van der Waals surface area contributed by atoms with Gasteiger partial charge in [-0.25, -0.2) is 4.79 Å². The van der Waals surface area contributed by atoms with Gasteiger partial charge < -0.3 is 10.1 Å². The second kappa shape index (κ2) is 5.79. The molecule has 0 spiro atoms. The highest BCUT2D eigenvalue weighted by Crippen LogP contribution is 2.26. The molecule has 1 aromatic heterocycles. The summed E-state index contributed by atoms with van der Waals surface area (Å²) >= 11 is 0. The van der Waals surface area contributed by atoms with E-state index in [0.29, 0.717) is 6.54 Å². The van der Waals surface area contributed by atoms with Gasteiger partial charge in [0.15, 0.2) is 0 Å². The largest absolute Gasteiger partial charge is 0.444 e. The van der Waals surface area contributed by atoms with Crippen LogP contribution in [0.25, 0.3) is 0 Å². The summed E-state index contributed by atoms with van der Waals surface area (Å²) in [7, 11) is 0. The van der Waals surface area contributed by atoms with Gasteiger partial charge in [0.05, 0.1) is 6.04 Å². The second-order valence-electron chi connectivity index (χ2n) is 6.13. The molecule has 0 saturated carbocycles. The number of pyridine rings is 1. The average Bonchev–Trinajstić information content (AvgIpc) is 2.37. The fourth-order valence-electron chi connectivity index (χ4n) is 2.38. The number of piperazine rings is 1. The molecule has 110 valence electrons. The predicted octanol–water partition coefficient (Wildman–Crippen LogP) is 2.27. The van der Waals surface area contributed by atoms with E-state index in [-0.39, 0.29) is 12.1 Å². The fraction of sp³-hybridized carbons (Fsp3) is 0.600. The Hall–Kier alpha value is -1.62. The summed E-state index contributed by atoms with van der Waals surface area (Å²) in [5.74, 6) is 0. The van der Waals surface area contributed by atoms with Crippen LogP contribution in [0.2, 0.25) is 0 Å². The standard InChI is InChI=1S/C15H23N3O2/c1-11-9-16-6-5-12(11)13-10-17-7-8-18(13)14(19)20-15(2,3)4/h5-6,9,13,17H,7-8,10H2,1-4H3. The van der Waals surface area contributed by atoms with Gasteiger partial charge in [0.25, 0.3) is 0 Å². The number of ether oxygens (including phenoxy) is 1. The number of rotatable bonds is 1. The lowest BCUT2D eigenvalue weighted by molar-refractivity contribution is 0.0117. The summed E-state index contributed by atoms with van der Waals surface area (Å²) in [6.07, 6.45) is 3.35. The summed E-state index contributed by atoms with van der Waals surface area (Å²) in [6.45, 7) is 9.87. The SMILES string of the molecule is Cc1cnccc1C1CNCCN1C(=O)OC(C)(C)C. The Labute approximate surface area is 120 Å². The first-order valence-electron chi connectivity index (χ1n) is 6.99. The molecule has 1 N–H and O–H groups in total. The third-order valence-corrected chi connectivity index (χ3v) is 3.29. The molecule has 2 heterocycles. The number of hydrogen-bond acceptors (Lipinski definition) is 4. The van der Waals surface area contributed by atoms with E-state index in [0.717, 1.165) is 24.2 Å². The molecule has 5 heteroatoms. The molecule has 5 nitrogen and oxygen atoms in total. The molecule has 1 fully saturated rings. The number of carbonyl (C=O) groups excluding carboxylic acids is 1. The maximum atomic E-state index is 12.4. The Kier molecular flexibility index (Phi) is 4.28. The van der Waals surface area contributed by atoms with Gasteiger partial charge in [-0.15, -0.1) is 0 Å². The van der Waals surface area contributed by atoms with Crippen molar-refractivity contribution in [3.8, 4) is 0 Å². The van der Waals surface area contributed by atoms with E-state index < -0.39 is 5.60 Å².